The first-order chi connectivity index (χ1) is 7.01. The van der Waals surface area contributed by atoms with Gasteiger partial charge in [-0.15, -0.1) is 12.4 Å². The predicted octanol–water partition coefficient (Wildman–Crippen LogP) is 2.55. The molecule has 0 radical (unpaired) electrons. The van der Waals surface area contributed by atoms with Gasteiger partial charge in [0.1, 0.15) is 5.75 Å². The van der Waals surface area contributed by atoms with Crippen molar-refractivity contribution in [1.82, 2.24) is 0 Å². The van der Waals surface area contributed by atoms with Crippen LogP contribution in [-0.4, -0.2) is 19.3 Å². The van der Waals surface area contributed by atoms with E-state index in [-0.39, 0.29) is 18.2 Å². The zero-order valence-corrected chi connectivity index (χ0v) is 9.27. The zero-order chi connectivity index (χ0) is 11.3. The smallest absolute Gasteiger partial charge is 0.422 e. The molecular weight excluding hydrogens is 243 g/mol. The lowest BCUT2D eigenvalue weighted by atomic mass is 10.1. The highest BCUT2D eigenvalue weighted by Gasteiger charge is 2.28. The third-order valence-corrected chi connectivity index (χ3v) is 1.73. The summed E-state index contributed by atoms with van der Waals surface area (Å²) in [4.78, 5) is 0. The molecule has 0 spiro atoms. The monoisotopic (exact) mass is 255 g/mol. The number of nitrogens with two attached hydrogens (primary N) is 1. The van der Waals surface area contributed by atoms with E-state index in [2.05, 4.69) is 4.74 Å². The first-order valence-electron chi connectivity index (χ1n) is 4.50. The Morgan fingerprint density at radius 2 is 1.94 bits per heavy atom. The molecule has 1 aromatic carbocycles. The maximum atomic E-state index is 11.8. The molecule has 16 heavy (non-hydrogen) atoms. The maximum absolute atomic E-state index is 11.8. The standard InChI is InChI=1S/C10H12F3NO.ClH/c11-10(12,13)7-15-9-3-1-2-8(6-9)4-5-14;/h1-3,6H,4-5,7,14H2;1H. The minimum absolute atomic E-state index is 0. The summed E-state index contributed by atoms with van der Waals surface area (Å²) in [5.74, 6) is 0.221. The Morgan fingerprint density at radius 3 is 2.50 bits per heavy atom. The van der Waals surface area contributed by atoms with Crippen LogP contribution in [0, 0.1) is 0 Å². The maximum Gasteiger partial charge on any atom is 0.422 e. The van der Waals surface area contributed by atoms with Gasteiger partial charge >= 0.3 is 6.18 Å². The number of alkyl halides is 3. The van der Waals surface area contributed by atoms with Crippen molar-refractivity contribution in [1.29, 1.82) is 0 Å². The van der Waals surface area contributed by atoms with Gasteiger partial charge in [-0.25, -0.2) is 0 Å². The first-order valence-corrected chi connectivity index (χ1v) is 4.50. The fourth-order valence-electron chi connectivity index (χ4n) is 1.12. The number of benzene rings is 1. The van der Waals surface area contributed by atoms with Gasteiger partial charge in [-0.3, -0.25) is 0 Å². The quantitative estimate of drug-likeness (QED) is 0.897. The first kappa shape index (κ1) is 15.1. The Labute approximate surface area is 98.0 Å². The lowest BCUT2D eigenvalue weighted by molar-refractivity contribution is -0.153. The van der Waals surface area contributed by atoms with Crippen LogP contribution in [0.1, 0.15) is 5.56 Å². The summed E-state index contributed by atoms with van der Waals surface area (Å²) in [6, 6.07) is 6.51. The van der Waals surface area contributed by atoms with E-state index in [4.69, 9.17) is 5.73 Å². The minimum Gasteiger partial charge on any atom is -0.484 e. The van der Waals surface area contributed by atoms with Crippen molar-refractivity contribution < 1.29 is 17.9 Å². The molecule has 1 rings (SSSR count). The van der Waals surface area contributed by atoms with Gasteiger partial charge in [0.25, 0.3) is 0 Å². The topological polar surface area (TPSA) is 35.2 Å². The van der Waals surface area contributed by atoms with E-state index in [1.54, 1.807) is 18.2 Å². The molecule has 1 aromatic rings. The second-order valence-electron chi connectivity index (χ2n) is 3.09. The van der Waals surface area contributed by atoms with Crippen molar-refractivity contribution in [2.75, 3.05) is 13.2 Å². The molecule has 0 atom stereocenters. The molecule has 2 nitrogen and oxygen atoms in total. The van der Waals surface area contributed by atoms with E-state index in [0.29, 0.717) is 13.0 Å². The van der Waals surface area contributed by atoms with Gasteiger partial charge in [-0.05, 0) is 30.7 Å². The summed E-state index contributed by atoms with van der Waals surface area (Å²) in [6.45, 7) is -0.804. The molecule has 0 amide bonds. The van der Waals surface area contributed by atoms with Gasteiger partial charge in [0.15, 0.2) is 6.61 Å². The van der Waals surface area contributed by atoms with Crippen molar-refractivity contribution in [3.8, 4) is 5.75 Å². The molecule has 0 unspecified atom stereocenters. The molecule has 0 saturated heterocycles. The predicted molar refractivity (Wildman–Crippen MR) is 58.0 cm³/mol. The van der Waals surface area contributed by atoms with Gasteiger partial charge in [0.05, 0.1) is 0 Å². The van der Waals surface area contributed by atoms with Crippen LogP contribution in [0.5, 0.6) is 5.75 Å². The fourth-order valence-corrected chi connectivity index (χ4v) is 1.12. The molecule has 6 heteroatoms. The fraction of sp³-hybridized carbons (Fsp3) is 0.400. The van der Waals surface area contributed by atoms with Crippen LogP contribution < -0.4 is 10.5 Å². The molecule has 0 heterocycles. The molecule has 0 aliphatic carbocycles. The van der Waals surface area contributed by atoms with Crippen LogP contribution in [0.15, 0.2) is 24.3 Å². The summed E-state index contributed by atoms with van der Waals surface area (Å²) in [5.41, 5.74) is 6.21. The average molecular weight is 256 g/mol. The van der Waals surface area contributed by atoms with Crippen LogP contribution in [0.25, 0.3) is 0 Å². The largest absolute Gasteiger partial charge is 0.484 e. The third kappa shape index (κ3) is 5.82. The van der Waals surface area contributed by atoms with Gasteiger partial charge in [0, 0.05) is 0 Å². The third-order valence-electron chi connectivity index (χ3n) is 1.73. The van der Waals surface area contributed by atoms with Crippen LogP contribution in [0.2, 0.25) is 0 Å². The van der Waals surface area contributed by atoms with E-state index in [1.165, 1.54) is 6.07 Å². The van der Waals surface area contributed by atoms with Crippen molar-refractivity contribution in [2.45, 2.75) is 12.6 Å². The summed E-state index contributed by atoms with van der Waals surface area (Å²) >= 11 is 0. The van der Waals surface area contributed by atoms with Crippen molar-refractivity contribution in [3.63, 3.8) is 0 Å². The van der Waals surface area contributed by atoms with Gasteiger partial charge in [-0.1, -0.05) is 12.1 Å². The van der Waals surface area contributed by atoms with Gasteiger partial charge < -0.3 is 10.5 Å². The Morgan fingerprint density at radius 1 is 1.25 bits per heavy atom. The van der Waals surface area contributed by atoms with Crippen LogP contribution >= 0.6 is 12.4 Å². The molecular formula is C10H13ClF3NO. The second kappa shape index (κ2) is 6.60. The van der Waals surface area contributed by atoms with Gasteiger partial charge in [0.2, 0.25) is 0 Å². The van der Waals surface area contributed by atoms with Crippen molar-refractivity contribution in [3.05, 3.63) is 29.8 Å². The molecule has 0 saturated carbocycles. The van der Waals surface area contributed by atoms with E-state index in [1.807, 2.05) is 0 Å². The number of hydrogen-bond acceptors (Lipinski definition) is 2. The van der Waals surface area contributed by atoms with Crippen molar-refractivity contribution in [2.24, 2.45) is 5.73 Å². The Hall–Kier alpha value is -0.940. The summed E-state index contributed by atoms with van der Waals surface area (Å²) < 4.78 is 40.1. The van der Waals surface area contributed by atoms with E-state index >= 15 is 0 Å². The molecule has 92 valence electrons. The normalized spacial score (nSPS) is 10.8. The van der Waals surface area contributed by atoms with E-state index < -0.39 is 12.8 Å². The van der Waals surface area contributed by atoms with E-state index in [0.717, 1.165) is 5.56 Å². The summed E-state index contributed by atoms with van der Waals surface area (Å²) in [6.07, 6.45) is -3.67. The number of ether oxygens (including phenoxy) is 1. The SMILES string of the molecule is Cl.NCCc1cccc(OCC(F)(F)F)c1. The summed E-state index contributed by atoms with van der Waals surface area (Å²) in [7, 11) is 0. The van der Waals surface area contributed by atoms with E-state index in [9.17, 15) is 13.2 Å². The van der Waals surface area contributed by atoms with Crippen molar-refractivity contribution >= 4 is 12.4 Å². The minimum atomic E-state index is -4.30. The highest BCUT2D eigenvalue weighted by atomic mass is 35.5. The van der Waals surface area contributed by atoms with Crippen LogP contribution in [0.3, 0.4) is 0 Å². The number of hydrogen-bond donors (Lipinski definition) is 1. The molecule has 2 N–H and O–H groups in total. The van der Waals surface area contributed by atoms with Crippen LogP contribution in [-0.2, 0) is 6.42 Å². The Kier molecular flexibility index (Phi) is 6.21. The van der Waals surface area contributed by atoms with Crippen LogP contribution in [0.4, 0.5) is 13.2 Å². The molecule has 0 bridgehead atoms. The molecule has 0 aromatic heterocycles. The molecule has 0 aliphatic heterocycles. The molecule has 0 aliphatic rings. The van der Waals surface area contributed by atoms with Gasteiger partial charge in [-0.2, -0.15) is 13.2 Å². The number of rotatable bonds is 4. The second-order valence-corrected chi connectivity index (χ2v) is 3.09. The Balaban J connectivity index is 0.00000225. The Bertz CT molecular complexity index is 317. The lowest BCUT2D eigenvalue weighted by Crippen LogP contribution is -2.19. The lowest BCUT2D eigenvalue weighted by Gasteiger charge is -2.09. The highest BCUT2D eigenvalue weighted by Crippen LogP contribution is 2.19. The zero-order valence-electron chi connectivity index (χ0n) is 8.46. The number of halogens is 4. The highest BCUT2D eigenvalue weighted by molar-refractivity contribution is 5.85. The average Bonchev–Trinajstić information content (AvgIpc) is 2.15. The summed E-state index contributed by atoms with van der Waals surface area (Å²) in [5, 5.41) is 0. The molecule has 0 fully saturated rings.